The highest BCUT2D eigenvalue weighted by atomic mass is 32.1. The Morgan fingerprint density at radius 1 is 1.07 bits per heavy atom. The second-order valence-electron chi connectivity index (χ2n) is 13.2. The Balaban J connectivity index is 1.73. The lowest BCUT2D eigenvalue weighted by Crippen LogP contribution is -2.65. The van der Waals surface area contributed by atoms with Gasteiger partial charge in [0.05, 0.1) is 26.2 Å². The number of amides is 7. The van der Waals surface area contributed by atoms with E-state index in [1.165, 1.54) is 38.6 Å². The van der Waals surface area contributed by atoms with Crippen LogP contribution in [0.15, 0.2) is 35.5 Å². The maximum atomic E-state index is 14.1. The largest absolute Gasteiger partial charge is 0.504 e. The van der Waals surface area contributed by atoms with Crippen LogP contribution in [0.3, 0.4) is 0 Å². The molecule has 19 nitrogen and oxygen atoms in total. The van der Waals surface area contributed by atoms with Gasteiger partial charge in [0.25, 0.3) is 17.7 Å². The number of hydrogen-bond acceptors (Lipinski definition) is 12. The van der Waals surface area contributed by atoms with Crippen molar-refractivity contribution in [2.45, 2.75) is 71.1 Å². The second kappa shape index (κ2) is 17.9. The van der Waals surface area contributed by atoms with Crippen LogP contribution in [0, 0.1) is 0 Å². The summed E-state index contributed by atoms with van der Waals surface area (Å²) in [4.78, 5) is 115. The van der Waals surface area contributed by atoms with Crippen LogP contribution in [0.25, 0.3) is 10.9 Å². The van der Waals surface area contributed by atoms with Gasteiger partial charge < -0.3 is 51.6 Å². The first kappa shape index (κ1) is 42.4. The number of H-pyrrole nitrogens is 1. The van der Waals surface area contributed by atoms with Crippen molar-refractivity contribution in [1.29, 1.82) is 0 Å². The van der Waals surface area contributed by atoms with Gasteiger partial charge in [0.15, 0.2) is 22.8 Å². The van der Waals surface area contributed by atoms with Crippen molar-refractivity contribution in [2.75, 3.05) is 27.2 Å². The van der Waals surface area contributed by atoms with Crippen LogP contribution < -0.4 is 36.6 Å². The molecule has 1 aromatic carbocycles. The van der Waals surface area contributed by atoms with Gasteiger partial charge in [-0.25, -0.2) is 4.98 Å². The summed E-state index contributed by atoms with van der Waals surface area (Å²) < 4.78 is 5.41. The van der Waals surface area contributed by atoms with Crippen molar-refractivity contribution in [3.05, 3.63) is 51.7 Å². The van der Waals surface area contributed by atoms with Crippen LogP contribution in [0.1, 0.15) is 68.1 Å². The Hall–Kier alpha value is -6.31. The van der Waals surface area contributed by atoms with Crippen LogP contribution in [-0.4, -0.2) is 112 Å². The number of carbonyl (C=O) groups excluding carboxylic acids is 8. The molecule has 20 heteroatoms. The number of aromatic amines is 1. The highest BCUT2D eigenvalue weighted by molar-refractivity contribution is 7.09. The lowest BCUT2D eigenvalue weighted by atomic mass is 9.94. The molecule has 0 unspecified atom stereocenters. The number of rotatable bonds is 5. The molecular weight excluding hydrogens is 751 g/mol. The zero-order valence-electron chi connectivity index (χ0n) is 31.9. The summed E-state index contributed by atoms with van der Waals surface area (Å²) in [6.45, 7) is 5.79. The highest BCUT2D eigenvalue weighted by Crippen LogP contribution is 2.37. The van der Waals surface area contributed by atoms with Crippen molar-refractivity contribution in [2.24, 2.45) is 0 Å². The fraction of sp³-hybridized carbons (Fsp3) is 0.417. The number of ether oxygens (including phenoxy) is 1. The van der Waals surface area contributed by atoms with Gasteiger partial charge in [0.2, 0.25) is 23.6 Å². The van der Waals surface area contributed by atoms with Crippen LogP contribution in [0.5, 0.6) is 11.5 Å². The molecule has 56 heavy (non-hydrogen) atoms. The standard InChI is InChI=1S/C36H45N9O10S/c1-8-20-30(50)41-21(9-2)34(53)45(6)15-27(49)39-17(3)33-43-24(16-56-33)31(51)42-23(12-19-13-37-22-10-11-25(47)29(55-7)28(19)22)32(52)44-36(5,18(4)46)35(54)38-14-26(48)40-20/h9-11,13,16-17,20,23,37,47H,8,12,14-15H2,1-7H3,(H,38,54)(H,39,49)(H,40,48)(H,41,50)(H,42,51)(H,44,52)/b21-9-/t17-,20-,23+,36+/m1/s1. The molecule has 4 rings (SSSR count). The number of likely N-dealkylation sites (N-methyl/N-ethyl adjacent to an activating group) is 1. The number of fused-ring (bicyclic) bond motifs is 3. The quantitative estimate of drug-likeness (QED) is 0.124. The predicted molar refractivity (Wildman–Crippen MR) is 202 cm³/mol. The summed E-state index contributed by atoms with van der Waals surface area (Å²) in [5.41, 5.74) is -1.56. The van der Waals surface area contributed by atoms with E-state index < -0.39 is 83.9 Å². The number of hydrogen-bond donors (Lipinski definition) is 8. The summed E-state index contributed by atoms with van der Waals surface area (Å²) in [6, 6.07) is -0.339. The van der Waals surface area contributed by atoms with Crippen LogP contribution in [0.4, 0.5) is 0 Å². The topological polar surface area (TPSA) is 270 Å². The second-order valence-corrected chi connectivity index (χ2v) is 14.1. The number of Topliss-reactive ketones (excluding diaryl/α,β-unsaturated/α-hetero) is 1. The Morgan fingerprint density at radius 3 is 2.43 bits per heavy atom. The van der Waals surface area contributed by atoms with Gasteiger partial charge in [-0.2, -0.15) is 0 Å². The van der Waals surface area contributed by atoms with E-state index >= 15 is 0 Å². The minimum atomic E-state index is -2.25. The number of ketones is 1. The van der Waals surface area contributed by atoms with Crippen molar-refractivity contribution in [1.82, 2.24) is 46.8 Å². The number of nitrogens with one attached hydrogen (secondary N) is 7. The summed E-state index contributed by atoms with van der Waals surface area (Å²) in [6.07, 6.45) is 2.73. The Morgan fingerprint density at radius 2 is 1.79 bits per heavy atom. The summed E-state index contributed by atoms with van der Waals surface area (Å²) in [5, 5.41) is 27.6. The third kappa shape index (κ3) is 9.49. The third-order valence-corrected chi connectivity index (χ3v) is 10.1. The molecule has 8 N–H and O–H groups in total. The number of benzene rings is 1. The summed E-state index contributed by atoms with van der Waals surface area (Å²) >= 11 is 1.05. The minimum absolute atomic E-state index is 0.0849. The molecule has 2 aromatic heterocycles. The fourth-order valence-corrected chi connectivity index (χ4v) is 6.56. The van der Waals surface area contributed by atoms with E-state index in [1.807, 2.05) is 0 Å². The Bertz CT molecular complexity index is 2090. The first-order valence-electron chi connectivity index (χ1n) is 17.5. The number of allylic oxidation sites excluding steroid dienone is 1. The number of aromatic hydroxyl groups is 1. The van der Waals surface area contributed by atoms with Gasteiger partial charge in [-0.05, 0) is 51.8 Å². The van der Waals surface area contributed by atoms with Gasteiger partial charge in [-0.15, -0.1) is 11.3 Å². The molecule has 4 atom stereocenters. The van der Waals surface area contributed by atoms with E-state index in [9.17, 15) is 43.5 Å². The average molecular weight is 796 g/mol. The first-order valence-corrected chi connectivity index (χ1v) is 18.4. The lowest BCUT2D eigenvalue weighted by Gasteiger charge is -2.29. The van der Waals surface area contributed by atoms with Crippen LogP contribution in [-0.2, 0) is 40.0 Å². The SMILES string of the molecule is C/C=C1\NC(=O)[C@@H](CC)NC(=O)CNC(=O)[C@](C)(C(C)=O)NC(=O)[C@H](Cc2c[nH]c3ccc(O)c(OC)c23)NC(=O)c2csc(n2)[C@@H](C)NC(=O)CN(C)C1=O. The monoisotopic (exact) mass is 795 g/mol. The maximum Gasteiger partial charge on any atom is 0.271 e. The molecule has 7 amide bonds. The zero-order valence-corrected chi connectivity index (χ0v) is 32.7. The third-order valence-electron chi connectivity index (χ3n) is 9.12. The van der Waals surface area contributed by atoms with Crippen molar-refractivity contribution in [3.63, 3.8) is 0 Å². The average Bonchev–Trinajstić information content (AvgIpc) is 3.82. The molecule has 0 radical (unpaired) electrons. The Kier molecular flexibility index (Phi) is 13.6. The van der Waals surface area contributed by atoms with E-state index in [-0.39, 0.29) is 35.7 Å². The van der Waals surface area contributed by atoms with E-state index in [4.69, 9.17) is 4.74 Å². The Labute approximate surface area is 325 Å². The lowest BCUT2D eigenvalue weighted by molar-refractivity contribution is -0.141. The van der Waals surface area contributed by atoms with Crippen molar-refractivity contribution in [3.8, 4) is 11.5 Å². The van der Waals surface area contributed by atoms with E-state index in [0.717, 1.165) is 30.1 Å². The molecule has 2 bridgehead atoms. The molecule has 1 aliphatic rings. The molecule has 0 fully saturated rings. The molecule has 0 spiro atoms. The highest BCUT2D eigenvalue weighted by Gasteiger charge is 2.42. The van der Waals surface area contributed by atoms with Crippen molar-refractivity contribution >= 4 is 69.4 Å². The maximum absolute atomic E-state index is 14.1. The van der Waals surface area contributed by atoms with Crippen molar-refractivity contribution < 1.29 is 48.2 Å². The molecule has 3 aromatic rings. The number of carbonyl (C=O) groups is 8. The van der Waals surface area contributed by atoms with Crippen LogP contribution in [0.2, 0.25) is 0 Å². The number of phenolic OH excluding ortho intramolecular Hbond substituents is 1. The summed E-state index contributed by atoms with van der Waals surface area (Å²) in [5.74, 6) is -6.56. The molecule has 0 aliphatic carbocycles. The molecule has 0 saturated carbocycles. The van der Waals surface area contributed by atoms with Gasteiger partial charge >= 0.3 is 0 Å². The molecular formula is C36H45N9O10S. The van der Waals surface area contributed by atoms with Crippen LogP contribution >= 0.6 is 11.3 Å². The van der Waals surface area contributed by atoms with E-state index in [0.29, 0.717) is 21.5 Å². The molecule has 3 heterocycles. The number of aromatic nitrogens is 2. The van der Waals surface area contributed by atoms with Gasteiger partial charge in [-0.1, -0.05) is 13.0 Å². The van der Waals surface area contributed by atoms with Gasteiger partial charge in [0, 0.05) is 35.9 Å². The minimum Gasteiger partial charge on any atom is -0.504 e. The zero-order chi connectivity index (χ0) is 41.5. The predicted octanol–water partition coefficient (Wildman–Crippen LogP) is -0.176. The smallest absolute Gasteiger partial charge is 0.271 e. The van der Waals surface area contributed by atoms with Gasteiger partial charge in [0.1, 0.15) is 28.5 Å². The normalized spacial score (nSPS) is 23.3. The van der Waals surface area contributed by atoms with Gasteiger partial charge in [-0.3, -0.25) is 38.4 Å². The van der Waals surface area contributed by atoms with E-state index in [2.05, 4.69) is 41.9 Å². The number of phenols is 1. The molecule has 300 valence electrons. The number of nitrogens with zero attached hydrogens (tertiary/aromatic N) is 2. The number of methoxy groups -OCH3 is 1. The van der Waals surface area contributed by atoms with E-state index in [1.54, 1.807) is 26.1 Å². The fourth-order valence-electron chi connectivity index (χ4n) is 5.75. The number of thiazole rings is 1. The molecule has 1 aliphatic heterocycles. The molecule has 0 saturated heterocycles. The summed E-state index contributed by atoms with van der Waals surface area (Å²) in [7, 11) is 2.71. The first-order chi connectivity index (χ1) is 26.4.